The fourth-order valence-electron chi connectivity index (χ4n) is 2.17. The molecule has 0 radical (unpaired) electrons. The van der Waals surface area contributed by atoms with Gasteiger partial charge in [-0.15, -0.1) is 0 Å². The summed E-state index contributed by atoms with van der Waals surface area (Å²) in [6.07, 6.45) is -4.63. The van der Waals surface area contributed by atoms with Gasteiger partial charge in [-0.3, -0.25) is 0 Å². The summed E-state index contributed by atoms with van der Waals surface area (Å²) < 4.78 is 67.8. The first-order valence-corrected chi connectivity index (χ1v) is 9.82. The van der Waals surface area contributed by atoms with E-state index in [1.807, 2.05) is 0 Å². The predicted octanol–water partition coefficient (Wildman–Crippen LogP) is 4.36. The van der Waals surface area contributed by atoms with Crippen LogP contribution in [0.15, 0.2) is 41.3 Å². The van der Waals surface area contributed by atoms with E-state index in [2.05, 4.69) is 5.32 Å². The Balaban J connectivity index is 2.44. The van der Waals surface area contributed by atoms with Crippen LogP contribution in [0.3, 0.4) is 0 Å². The number of alkyl halides is 3. The van der Waals surface area contributed by atoms with Crippen molar-refractivity contribution in [1.29, 1.82) is 0 Å². The first-order chi connectivity index (χ1) is 12.9. The van der Waals surface area contributed by atoms with Crippen LogP contribution in [0.1, 0.15) is 12.5 Å². The Hall–Kier alpha value is -2.46. The van der Waals surface area contributed by atoms with Gasteiger partial charge in [-0.1, -0.05) is 18.5 Å². The lowest BCUT2D eigenvalue weighted by atomic mass is 10.1. The lowest BCUT2D eigenvalue weighted by Crippen LogP contribution is -2.12. The highest BCUT2D eigenvalue weighted by Gasteiger charge is 2.31. The lowest BCUT2D eigenvalue weighted by molar-refractivity contribution is -0.139. The Morgan fingerprint density at radius 3 is 2.39 bits per heavy atom. The molecule has 11 heteroatoms. The molecule has 0 fully saturated rings. The number of anilines is 2. The number of sulfone groups is 1. The minimum Gasteiger partial charge on any atom is -0.480 e. The van der Waals surface area contributed by atoms with Gasteiger partial charge in [-0.2, -0.15) is 13.2 Å². The van der Waals surface area contributed by atoms with Crippen LogP contribution in [0.2, 0.25) is 5.02 Å². The van der Waals surface area contributed by atoms with Crippen LogP contribution in [0.25, 0.3) is 0 Å². The first kappa shape index (κ1) is 21.8. The first-order valence-electron chi connectivity index (χ1n) is 7.79. The van der Waals surface area contributed by atoms with Gasteiger partial charge in [0.15, 0.2) is 16.4 Å². The number of aliphatic carboxylic acids is 1. The number of halogens is 4. The monoisotopic (exact) mass is 437 g/mol. The summed E-state index contributed by atoms with van der Waals surface area (Å²) in [5, 5.41) is 11.3. The van der Waals surface area contributed by atoms with E-state index < -0.39 is 34.2 Å². The van der Waals surface area contributed by atoms with Crippen molar-refractivity contribution in [1.82, 2.24) is 0 Å². The molecule has 0 aliphatic rings. The largest absolute Gasteiger partial charge is 0.480 e. The maximum Gasteiger partial charge on any atom is 0.416 e. The Morgan fingerprint density at radius 1 is 1.18 bits per heavy atom. The fourth-order valence-corrected chi connectivity index (χ4v) is 3.37. The molecule has 2 aromatic rings. The fraction of sp³-hybridized carbons (Fsp3) is 0.235. The standard InChI is InChI=1S/C17H15ClF3NO5S/c1-2-28(25,26)11-4-5-13(12(18)8-11)22-14-7-10(17(19,20)21)3-6-15(14)27-9-16(23)24/h3-8,22H,2,9H2,1H3,(H,23,24). The molecule has 0 aromatic heterocycles. The van der Waals surface area contributed by atoms with Crippen LogP contribution in [-0.2, 0) is 20.8 Å². The third-order valence-corrected chi connectivity index (χ3v) is 5.65. The van der Waals surface area contributed by atoms with Gasteiger partial charge in [-0.25, -0.2) is 13.2 Å². The van der Waals surface area contributed by atoms with Crippen molar-refractivity contribution in [3.05, 3.63) is 47.0 Å². The third-order valence-electron chi connectivity index (χ3n) is 3.61. The van der Waals surface area contributed by atoms with Crippen molar-refractivity contribution in [2.45, 2.75) is 18.0 Å². The van der Waals surface area contributed by atoms with E-state index in [9.17, 15) is 26.4 Å². The SMILES string of the molecule is CCS(=O)(=O)c1ccc(Nc2cc(C(F)(F)F)ccc2OCC(=O)O)c(Cl)c1. The van der Waals surface area contributed by atoms with Crippen LogP contribution in [-0.4, -0.2) is 31.9 Å². The zero-order chi connectivity index (χ0) is 21.1. The van der Waals surface area contributed by atoms with E-state index in [0.29, 0.717) is 0 Å². The van der Waals surface area contributed by atoms with Gasteiger partial charge in [0.05, 0.1) is 32.6 Å². The van der Waals surface area contributed by atoms with Gasteiger partial charge in [0.2, 0.25) is 0 Å². The van der Waals surface area contributed by atoms with Gasteiger partial charge < -0.3 is 15.2 Å². The van der Waals surface area contributed by atoms with Gasteiger partial charge in [0, 0.05) is 0 Å². The molecule has 0 unspecified atom stereocenters. The normalized spacial score (nSPS) is 11.9. The van der Waals surface area contributed by atoms with E-state index in [1.165, 1.54) is 25.1 Å². The molecule has 0 aliphatic carbocycles. The van der Waals surface area contributed by atoms with Crippen molar-refractivity contribution in [3.63, 3.8) is 0 Å². The number of hydrogen-bond donors (Lipinski definition) is 2. The van der Waals surface area contributed by atoms with Crippen LogP contribution < -0.4 is 10.1 Å². The lowest BCUT2D eigenvalue weighted by Gasteiger charge is -2.16. The topological polar surface area (TPSA) is 92.7 Å². The number of rotatable bonds is 7. The summed E-state index contributed by atoms with van der Waals surface area (Å²) in [4.78, 5) is 10.6. The molecule has 0 saturated carbocycles. The van der Waals surface area contributed by atoms with Crippen molar-refractivity contribution in [2.24, 2.45) is 0 Å². The number of benzene rings is 2. The molecule has 152 valence electrons. The summed E-state index contributed by atoms with van der Waals surface area (Å²) >= 11 is 6.07. The molecule has 28 heavy (non-hydrogen) atoms. The molecular formula is C17H15ClF3NO5S. The summed E-state index contributed by atoms with van der Waals surface area (Å²) in [5.74, 6) is -1.59. The minimum atomic E-state index is -4.63. The summed E-state index contributed by atoms with van der Waals surface area (Å²) in [6.45, 7) is 0.700. The molecular weight excluding hydrogens is 423 g/mol. The van der Waals surface area contributed by atoms with E-state index in [-0.39, 0.29) is 32.8 Å². The molecule has 0 saturated heterocycles. The zero-order valence-electron chi connectivity index (χ0n) is 14.4. The van der Waals surface area contributed by atoms with Crippen molar-refractivity contribution in [3.8, 4) is 5.75 Å². The van der Waals surface area contributed by atoms with Crippen molar-refractivity contribution in [2.75, 3.05) is 17.7 Å². The second-order valence-electron chi connectivity index (χ2n) is 5.56. The molecule has 0 atom stereocenters. The maximum atomic E-state index is 13.0. The molecule has 0 bridgehead atoms. The second-order valence-corrected chi connectivity index (χ2v) is 8.25. The highest BCUT2D eigenvalue weighted by Crippen LogP contribution is 2.38. The number of carbonyl (C=O) groups is 1. The molecule has 0 spiro atoms. The highest BCUT2D eigenvalue weighted by molar-refractivity contribution is 7.91. The number of hydrogen-bond acceptors (Lipinski definition) is 5. The number of ether oxygens (including phenoxy) is 1. The number of carboxylic acid groups (broad SMARTS) is 1. The number of nitrogens with one attached hydrogen (secondary N) is 1. The minimum absolute atomic E-state index is 0.0306. The Morgan fingerprint density at radius 2 is 1.86 bits per heavy atom. The number of carboxylic acids is 1. The average molecular weight is 438 g/mol. The molecule has 0 heterocycles. The summed E-state index contributed by atoms with van der Waals surface area (Å²) in [7, 11) is -3.51. The third kappa shape index (κ3) is 5.29. The Kier molecular flexibility index (Phi) is 6.45. The molecule has 6 nitrogen and oxygen atoms in total. The van der Waals surface area contributed by atoms with Crippen molar-refractivity contribution >= 4 is 38.8 Å². The predicted molar refractivity (Wildman–Crippen MR) is 97.0 cm³/mol. The highest BCUT2D eigenvalue weighted by atomic mass is 35.5. The van der Waals surface area contributed by atoms with E-state index >= 15 is 0 Å². The Bertz CT molecular complexity index is 993. The summed E-state index contributed by atoms with van der Waals surface area (Å²) in [6, 6.07) is 6.21. The van der Waals surface area contributed by atoms with Gasteiger partial charge >= 0.3 is 12.1 Å². The van der Waals surface area contributed by atoms with E-state index in [1.54, 1.807) is 0 Å². The van der Waals surface area contributed by atoms with Gasteiger partial charge in [-0.05, 0) is 36.4 Å². The Labute approximate surface area is 163 Å². The average Bonchev–Trinajstić information content (AvgIpc) is 2.61. The second kappa shape index (κ2) is 8.27. The van der Waals surface area contributed by atoms with Gasteiger partial charge in [0.25, 0.3) is 0 Å². The van der Waals surface area contributed by atoms with Crippen LogP contribution in [0, 0.1) is 0 Å². The van der Waals surface area contributed by atoms with Crippen LogP contribution in [0.5, 0.6) is 5.75 Å². The molecule has 0 aliphatic heterocycles. The molecule has 2 aromatic carbocycles. The smallest absolute Gasteiger partial charge is 0.416 e. The quantitative estimate of drug-likeness (QED) is 0.668. The molecule has 0 amide bonds. The molecule has 2 rings (SSSR count). The van der Waals surface area contributed by atoms with Crippen molar-refractivity contribution < 1.29 is 36.2 Å². The van der Waals surface area contributed by atoms with E-state index in [4.69, 9.17) is 21.4 Å². The van der Waals surface area contributed by atoms with Gasteiger partial charge in [0.1, 0.15) is 5.75 Å². The maximum absolute atomic E-state index is 13.0. The van der Waals surface area contributed by atoms with Crippen LogP contribution in [0.4, 0.5) is 24.5 Å². The molecule has 2 N–H and O–H groups in total. The summed E-state index contributed by atoms with van der Waals surface area (Å²) in [5.41, 5.74) is -1.04. The van der Waals surface area contributed by atoms with E-state index in [0.717, 1.165) is 18.2 Å². The van der Waals surface area contributed by atoms with Crippen LogP contribution >= 0.6 is 11.6 Å². The zero-order valence-corrected chi connectivity index (χ0v) is 16.0.